The van der Waals surface area contributed by atoms with Gasteiger partial charge in [-0.1, -0.05) is 18.7 Å². The van der Waals surface area contributed by atoms with E-state index in [-0.39, 0.29) is 17.4 Å². The summed E-state index contributed by atoms with van der Waals surface area (Å²) in [5.41, 5.74) is 2.25. The SMILES string of the molecule is CCCC(=O)Nc1ccc(C(=O)CSc2nccn2-c2ccc(OC)cc2)cc1. The molecule has 3 rings (SSSR count). The van der Waals surface area contributed by atoms with E-state index < -0.39 is 0 Å². The zero-order valence-corrected chi connectivity index (χ0v) is 17.2. The molecule has 1 aromatic heterocycles. The van der Waals surface area contributed by atoms with Crippen molar-refractivity contribution < 1.29 is 14.3 Å². The van der Waals surface area contributed by atoms with Crippen LogP contribution in [-0.2, 0) is 4.79 Å². The van der Waals surface area contributed by atoms with Crippen LogP contribution in [0.1, 0.15) is 30.1 Å². The van der Waals surface area contributed by atoms with E-state index in [2.05, 4.69) is 10.3 Å². The molecule has 0 radical (unpaired) electrons. The first-order valence-corrected chi connectivity index (χ1v) is 10.3. The van der Waals surface area contributed by atoms with E-state index in [1.54, 1.807) is 37.6 Å². The molecule has 0 saturated carbocycles. The summed E-state index contributed by atoms with van der Waals surface area (Å²) in [7, 11) is 1.63. The van der Waals surface area contributed by atoms with E-state index in [1.807, 2.05) is 42.0 Å². The molecule has 0 atom stereocenters. The normalized spacial score (nSPS) is 10.6. The second kappa shape index (κ2) is 9.93. The summed E-state index contributed by atoms with van der Waals surface area (Å²) in [6.07, 6.45) is 4.86. The fourth-order valence-electron chi connectivity index (χ4n) is 2.74. The molecule has 0 saturated heterocycles. The molecule has 7 heteroatoms. The van der Waals surface area contributed by atoms with E-state index in [1.165, 1.54) is 11.8 Å². The number of nitrogens with zero attached hydrogens (tertiary/aromatic N) is 2. The average Bonchev–Trinajstić information content (AvgIpc) is 3.21. The Labute approximate surface area is 174 Å². The number of imidazole rings is 1. The average molecular weight is 410 g/mol. The molecule has 3 aromatic rings. The van der Waals surface area contributed by atoms with Crippen molar-refractivity contribution in [3.05, 3.63) is 66.5 Å². The van der Waals surface area contributed by atoms with Crippen LogP contribution in [0.5, 0.6) is 5.75 Å². The van der Waals surface area contributed by atoms with E-state index in [0.29, 0.717) is 17.7 Å². The Bertz CT molecular complexity index is 966. The Morgan fingerprint density at radius 2 is 1.83 bits per heavy atom. The number of amides is 1. The molecule has 0 fully saturated rings. The monoisotopic (exact) mass is 409 g/mol. The molecule has 1 N–H and O–H groups in total. The van der Waals surface area contributed by atoms with Crippen LogP contribution in [0.15, 0.2) is 66.1 Å². The second-order valence-electron chi connectivity index (χ2n) is 6.37. The first-order valence-electron chi connectivity index (χ1n) is 9.34. The minimum Gasteiger partial charge on any atom is -0.497 e. The number of carbonyl (C=O) groups is 2. The smallest absolute Gasteiger partial charge is 0.224 e. The first-order chi connectivity index (χ1) is 14.1. The lowest BCUT2D eigenvalue weighted by molar-refractivity contribution is -0.116. The van der Waals surface area contributed by atoms with Crippen LogP contribution >= 0.6 is 11.8 Å². The van der Waals surface area contributed by atoms with Gasteiger partial charge in [0.05, 0.1) is 12.9 Å². The predicted octanol–water partition coefficient (Wildman–Crippen LogP) is 4.59. The molecule has 0 bridgehead atoms. The maximum atomic E-state index is 12.5. The van der Waals surface area contributed by atoms with Gasteiger partial charge in [-0.3, -0.25) is 14.2 Å². The Kier molecular flexibility index (Phi) is 7.08. The number of carbonyl (C=O) groups excluding carboxylic acids is 2. The number of rotatable bonds is 9. The van der Waals surface area contributed by atoms with Gasteiger partial charge in [-0.25, -0.2) is 4.98 Å². The van der Waals surface area contributed by atoms with Crippen LogP contribution in [0.3, 0.4) is 0 Å². The summed E-state index contributed by atoms with van der Waals surface area (Å²) < 4.78 is 7.12. The minimum atomic E-state index is -0.0208. The molecule has 0 aliphatic rings. The van der Waals surface area contributed by atoms with Gasteiger partial charge < -0.3 is 10.1 Å². The van der Waals surface area contributed by atoms with Gasteiger partial charge in [-0.05, 0) is 55.0 Å². The van der Waals surface area contributed by atoms with E-state index in [4.69, 9.17) is 4.74 Å². The Balaban J connectivity index is 1.61. The van der Waals surface area contributed by atoms with Crippen molar-refractivity contribution in [3.8, 4) is 11.4 Å². The number of aromatic nitrogens is 2. The molecular weight excluding hydrogens is 386 g/mol. The van der Waals surface area contributed by atoms with Crippen molar-refractivity contribution >= 4 is 29.1 Å². The highest BCUT2D eigenvalue weighted by atomic mass is 32.2. The minimum absolute atomic E-state index is 0.00529. The number of ether oxygens (including phenoxy) is 1. The summed E-state index contributed by atoms with van der Waals surface area (Å²) in [6.45, 7) is 1.96. The second-order valence-corrected chi connectivity index (χ2v) is 7.31. The Morgan fingerprint density at radius 3 is 2.48 bits per heavy atom. The lowest BCUT2D eigenvalue weighted by Crippen LogP contribution is -2.11. The van der Waals surface area contributed by atoms with Crippen molar-refractivity contribution in [2.45, 2.75) is 24.9 Å². The Morgan fingerprint density at radius 1 is 1.10 bits per heavy atom. The van der Waals surface area contributed by atoms with Gasteiger partial charge in [0, 0.05) is 35.8 Å². The summed E-state index contributed by atoms with van der Waals surface area (Å²) in [5, 5.41) is 3.56. The molecular formula is C22H23N3O3S. The van der Waals surface area contributed by atoms with Crippen LogP contribution in [0.4, 0.5) is 5.69 Å². The molecule has 2 aromatic carbocycles. The number of anilines is 1. The molecule has 1 amide bonds. The van der Waals surface area contributed by atoms with Crippen LogP contribution < -0.4 is 10.1 Å². The quantitative estimate of drug-likeness (QED) is 0.413. The van der Waals surface area contributed by atoms with E-state index in [0.717, 1.165) is 23.0 Å². The number of hydrogen-bond acceptors (Lipinski definition) is 5. The zero-order valence-electron chi connectivity index (χ0n) is 16.4. The van der Waals surface area contributed by atoms with Gasteiger partial charge >= 0.3 is 0 Å². The number of thioether (sulfide) groups is 1. The molecule has 0 aliphatic heterocycles. The highest BCUT2D eigenvalue weighted by Gasteiger charge is 2.11. The third-order valence-corrected chi connectivity index (χ3v) is 5.22. The molecule has 0 unspecified atom stereocenters. The summed E-state index contributed by atoms with van der Waals surface area (Å²) >= 11 is 1.38. The van der Waals surface area contributed by atoms with Gasteiger partial charge in [-0.2, -0.15) is 0 Å². The topological polar surface area (TPSA) is 73.2 Å². The Hall–Kier alpha value is -3.06. The van der Waals surface area contributed by atoms with Crippen LogP contribution in [0, 0.1) is 0 Å². The lowest BCUT2D eigenvalue weighted by atomic mass is 10.1. The maximum Gasteiger partial charge on any atom is 0.224 e. The maximum absolute atomic E-state index is 12.5. The first kappa shape index (κ1) is 20.7. The highest BCUT2D eigenvalue weighted by Crippen LogP contribution is 2.23. The summed E-state index contributed by atoms with van der Waals surface area (Å²) in [6, 6.07) is 14.6. The zero-order chi connectivity index (χ0) is 20.6. The van der Waals surface area contributed by atoms with Crippen molar-refractivity contribution in [2.75, 3.05) is 18.2 Å². The molecule has 29 heavy (non-hydrogen) atoms. The molecule has 1 heterocycles. The number of nitrogens with one attached hydrogen (secondary N) is 1. The van der Waals surface area contributed by atoms with Gasteiger partial charge in [0.15, 0.2) is 10.9 Å². The van der Waals surface area contributed by atoms with Crippen LogP contribution in [-0.4, -0.2) is 34.1 Å². The number of benzene rings is 2. The van der Waals surface area contributed by atoms with Crippen molar-refractivity contribution in [2.24, 2.45) is 0 Å². The van der Waals surface area contributed by atoms with Crippen molar-refractivity contribution in [3.63, 3.8) is 0 Å². The molecule has 0 aliphatic carbocycles. The van der Waals surface area contributed by atoms with Crippen molar-refractivity contribution in [1.82, 2.24) is 9.55 Å². The van der Waals surface area contributed by atoms with E-state index >= 15 is 0 Å². The molecule has 150 valence electrons. The number of ketones is 1. The predicted molar refractivity (Wildman–Crippen MR) is 115 cm³/mol. The van der Waals surface area contributed by atoms with Gasteiger partial charge in [0.1, 0.15) is 5.75 Å². The van der Waals surface area contributed by atoms with Gasteiger partial charge in [0.25, 0.3) is 0 Å². The molecule has 0 spiro atoms. The van der Waals surface area contributed by atoms with Crippen molar-refractivity contribution in [1.29, 1.82) is 0 Å². The lowest BCUT2D eigenvalue weighted by Gasteiger charge is -2.08. The number of methoxy groups -OCH3 is 1. The standard InChI is InChI=1S/C22H23N3O3S/c1-3-4-21(27)24-17-7-5-16(6-8-17)20(26)15-29-22-23-13-14-25(22)18-9-11-19(28-2)12-10-18/h5-14H,3-4,15H2,1-2H3,(H,24,27). The number of Topliss-reactive ketones (excluding diaryl/α,β-unsaturated/α-hetero) is 1. The number of hydrogen-bond donors (Lipinski definition) is 1. The van der Waals surface area contributed by atoms with Crippen LogP contribution in [0.25, 0.3) is 5.69 Å². The van der Waals surface area contributed by atoms with Gasteiger partial charge in [-0.15, -0.1) is 0 Å². The van der Waals surface area contributed by atoms with Crippen LogP contribution in [0.2, 0.25) is 0 Å². The third kappa shape index (κ3) is 5.48. The fraction of sp³-hybridized carbons (Fsp3) is 0.227. The van der Waals surface area contributed by atoms with Gasteiger partial charge in [0.2, 0.25) is 5.91 Å². The third-order valence-electron chi connectivity index (χ3n) is 4.26. The fourth-order valence-corrected chi connectivity index (χ4v) is 3.61. The summed E-state index contributed by atoms with van der Waals surface area (Å²) in [5.74, 6) is 1.04. The van der Waals surface area contributed by atoms with E-state index in [9.17, 15) is 9.59 Å². The highest BCUT2D eigenvalue weighted by molar-refractivity contribution is 7.99. The largest absolute Gasteiger partial charge is 0.497 e. The summed E-state index contributed by atoms with van der Waals surface area (Å²) in [4.78, 5) is 28.6. The molecule has 6 nitrogen and oxygen atoms in total.